The monoisotopic (exact) mass is 333 g/mol. The molecule has 2 aromatic carbocycles. The summed E-state index contributed by atoms with van der Waals surface area (Å²) in [4.78, 5) is 12.4. The number of carbonyl (C=O) groups excluding carboxylic acids is 1. The third-order valence-electron chi connectivity index (χ3n) is 3.02. The zero-order chi connectivity index (χ0) is 17.0. The maximum Gasteiger partial charge on any atom is 0.347 e. The van der Waals surface area contributed by atoms with Gasteiger partial charge in [0.2, 0.25) is 0 Å². The van der Waals surface area contributed by atoms with Crippen molar-refractivity contribution in [3.8, 4) is 11.5 Å². The van der Waals surface area contributed by atoms with Gasteiger partial charge in [0.15, 0.2) is 5.72 Å². The molecule has 0 aliphatic carbocycles. The molecule has 0 bridgehead atoms. The van der Waals surface area contributed by atoms with Gasteiger partial charge in [0.25, 0.3) is 0 Å². The number of benzene rings is 2. The molecule has 4 nitrogen and oxygen atoms in total. The van der Waals surface area contributed by atoms with Crippen LogP contribution in [-0.2, 0) is 5.88 Å². The maximum absolute atomic E-state index is 12.4. The average molecular weight is 334 g/mol. The fourth-order valence-electron chi connectivity index (χ4n) is 1.97. The predicted molar refractivity (Wildman–Crippen MR) is 91.0 cm³/mol. The predicted octanol–water partition coefficient (Wildman–Crippen LogP) is 4.03. The summed E-state index contributed by atoms with van der Waals surface area (Å²) in [7, 11) is 0. The third kappa shape index (κ3) is 4.98. The molecule has 0 spiro atoms. The molecule has 0 fully saturated rings. The van der Waals surface area contributed by atoms with Crippen LogP contribution in [0.25, 0.3) is 0 Å². The number of halogens is 1. The first kappa shape index (κ1) is 17.3. The first-order valence-electron chi connectivity index (χ1n) is 7.24. The van der Waals surface area contributed by atoms with Gasteiger partial charge < -0.3 is 9.47 Å². The van der Waals surface area contributed by atoms with Crippen LogP contribution < -0.4 is 15.2 Å². The number of carbonyl (C=O) groups is 1. The Morgan fingerprint density at radius 2 is 1.83 bits per heavy atom. The van der Waals surface area contributed by atoms with Crippen LogP contribution in [0.2, 0.25) is 0 Å². The van der Waals surface area contributed by atoms with Crippen LogP contribution in [0.15, 0.2) is 42.5 Å². The van der Waals surface area contributed by atoms with Gasteiger partial charge in [-0.1, -0.05) is 18.2 Å². The number of hydrogen-bond donors (Lipinski definition) is 1. The van der Waals surface area contributed by atoms with E-state index in [9.17, 15) is 4.79 Å². The first-order chi connectivity index (χ1) is 10.8. The number of esters is 1. The molecule has 0 saturated carbocycles. The Morgan fingerprint density at radius 3 is 2.39 bits per heavy atom. The lowest BCUT2D eigenvalue weighted by molar-refractivity contribution is 0.0714. The van der Waals surface area contributed by atoms with Crippen molar-refractivity contribution >= 4 is 17.6 Å². The van der Waals surface area contributed by atoms with Crippen LogP contribution in [0.4, 0.5) is 0 Å². The van der Waals surface area contributed by atoms with Crippen molar-refractivity contribution in [2.75, 3.05) is 0 Å². The molecular formula is C18H20ClNO3. The molecule has 0 atom stereocenters. The van der Waals surface area contributed by atoms with Crippen molar-refractivity contribution in [1.29, 1.82) is 0 Å². The van der Waals surface area contributed by atoms with Crippen molar-refractivity contribution < 1.29 is 14.3 Å². The van der Waals surface area contributed by atoms with E-state index in [-0.39, 0.29) is 0 Å². The van der Waals surface area contributed by atoms with Gasteiger partial charge in [0, 0.05) is 5.88 Å². The molecule has 0 saturated heterocycles. The second-order valence-electron chi connectivity index (χ2n) is 5.87. The topological polar surface area (TPSA) is 61.5 Å². The summed E-state index contributed by atoms with van der Waals surface area (Å²) in [5, 5.41) is 0. The molecule has 0 aliphatic heterocycles. The van der Waals surface area contributed by atoms with Gasteiger partial charge in [-0.25, -0.2) is 4.79 Å². The Labute approximate surface area is 141 Å². The SMILES string of the molecule is Cc1ccc(C(=O)Oc2ccc(CCl)cc2)c(OC(C)(C)N)c1. The van der Waals surface area contributed by atoms with E-state index in [4.69, 9.17) is 26.8 Å². The molecule has 0 heterocycles. The van der Waals surface area contributed by atoms with Gasteiger partial charge in [-0.05, 0) is 56.2 Å². The van der Waals surface area contributed by atoms with Crippen LogP contribution in [0.1, 0.15) is 35.3 Å². The molecule has 2 rings (SSSR count). The van der Waals surface area contributed by atoms with E-state index in [1.54, 1.807) is 38.1 Å². The van der Waals surface area contributed by atoms with Crippen LogP contribution in [0, 0.1) is 6.92 Å². The largest absolute Gasteiger partial charge is 0.473 e. The molecule has 5 heteroatoms. The van der Waals surface area contributed by atoms with Gasteiger partial charge in [0.05, 0.1) is 0 Å². The quantitative estimate of drug-likeness (QED) is 0.388. The van der Waals surface area contributed by atoms with Crippen molar-refractivity contribution in [3.63, 3.8) is 0 Å². The van der Waals surface area contributed by atoms with Crippen LogP contribution in [0.5, 0.6) is 11.5 Å². The first-order valence-corrected chi connectivity index (χ1v) is 7.77. The van der Waals surface area contributed by atoms with Crippen LogP contribution in [0.3, 0.4) is 0 Å². The second kappa shape index (κ2) is 7.02. The van der Waals surface area contributed by atoms with Gasteiger partial charge >= 0.3 is 5.97 Å². The maximum atomic E-state index is 12.4. The normalized spacial score (nSPS) is 11.2. The van der Waals surface area contributed by atoms with Crippen molar-refractivity contribution in [2.45, 2.75) is 32.4 Å². The van der Waals surface area contributed by atoms with E-state index in [1.807, 2.05) is 25.1 Å². The highest BCUT2D eigenvalue weighted by Gasteiger charge is 2.20. The van der Waals surface area contributed by atoms with Gasteiger partial charge in [-0.2, -0.15) is 0 Å². The Bertz CT molecular complexity index is 690. The fraction of sp³-hybridized carbons (Fsp3) is 0.278. The Morgan fingerprint density at radius 1 is 1.17 bits per heavy atom. The molecule has 2 aromatic rings. The minimum Gasteiger partial charge on any atom is -0.473 e. The van der Waals surface area contributed by atoms with Crippen molar-refractivity contribution in [3.05, 3.63) is 59.2 Å². The minimum absolute atomic E-state index is 0.329. The van der Waals surface area contributed by atoms with E-state index >= 15 is 0 Å². The number of aryl methyl sites for hydroxylation is 1. The number of ether oxygens (including phenoxy) is 2. The Hall–Kier alpha value is -2.04. The molecule has 0 amide bonds. The molecule has 23 heavy (non-hydrogen) atoms. The average Bonchev–Trinajstić information content (AvgIpc) is 2.46. The summed E-state index contributed by atoms with van der Waals surface area (Å²) in [6.45, 7) is 5.35. The third-order valence-corrected chi connectivity index (χ3v) is 3.33. The van der Waals surface area contributed by atoms with Crippen LogP contribution >= 0.6 is 11.6 Å². The molecule has 0 radical (unpaired) electrons. The summed E-state index contributed by atoms with van der Waals surface area (Å²) < 4.78 is 11.1. The molecule has 0 aliphatic rings. The van der Waals surface area contributed by atoms with E-state index < -0.39 is 11.7 Å². The summed E-state index contributed by atoms with van der Waals surface area (Å²) >= 11 is 5.74. The molecule has 2 N–H and O–H groups in total. The van der Waals surface area contributed by atoms with Crippen molar-refractivity contribution in [2.24, 2.45) is 5.73 Å². The lowest BCUT2D eigenvalue weighted by Gasteiger charge is -2.23. The van der Waals surface area contributed by atoms with Crippen LogP contribution in [-0.4, -0.2) is 11.7 Å². The van der Waals surface area contributed by atoms with E-state index in [0.29, 0.717) is 22.9 Å². The van der Waals surface area contributed by atoms with Gasteiger partial charge in [-0.3, -0.25) is 5.73 Å². The fourth-order valence-corrected chi connectivity index (χ4v) is 2.15. The Kier molecular flexibility index (Phi) is 5.29. The molecule has 0 aromatic heterocycles. The van der Waals surface area contributed by atoms with E-state index in [2.05, 4.69) is 0 Å². The summed E-state index contributed by atoms with van der Waals surface area (Å²) in [5.41, 5.74) is 7.23. The number of nitrogens with two attached hydrogens (primary N) is 1. The molecule has 122 valence electrons. The van der Waals surface area contributed by atoms with Crippen molar-refractivity contribution in [1.82, 2.24) is 0 Å². The highest BCUT2D eigenvalue weighted by molar-refractivity contribution is 6.17. The van der Waals surface area contributed by atoms with Gasteiger partial charge in [0.1, 0.15) is 17.1 Å². The molecule has 0 unspecified atom stereocenters. The molecular weight excluding hydrogens is 314 g/mol. The summed E-state index contributed by atoms with van der Waals surface area (Å²) in [6.07, 6.45) is 0. The lowest BCUT2D eigenvalue weighted by Crippen LogP contribution is -2.39. The number of hydrogen-bond acceptors (Lipinski definition) is 4. The van der Waals surface area contributed by atoms with Gasteiger partial charge in [-0.15, -0.1) is 11.6 Å². The minimum atomic E-state index is -0.898. The standard InChI is InChI=1S/C18H20ClNO3/c1-12-4-9-15(16(10-12)23-18(2,3)20)17(21)22-14-7-5-13(11-19)6-8-14/h4-10H,11,20H2,1-3H3. The van der Waals surface area contributed by atoms with E-state index in [0.717, 1.165) is 11.1 Å². The summed E-state index contributed by atoms with van der Waals surface area (Å²) in [5.74, 6) is 0.764. The number of rotatable bonds is 5. The lowest BCUT2D eigenvalue weighted by atomic mass is 10.1. The van der Waals surface area contributed by atoms with E-state index in [1.165, 1.54) is 0 Å². The summed E-state index contributed by atoms with van der Waals surface area (Å²) in [6, 6.07) is 12.3. The number of alkyl halides is 1. The highest BCUT2D eigenvalue weighted by Crippen LogP contribution is 2.25. The smallest absolute Gasteiger partial charge is 0.347 e. The Balaban J connectivity index is 2.24. The zero-order valence-electron chi connectivity index (χ0n) is 13.4. The zero-order valence-corrected chi connectivity index (χ0v) is 14.2. The highest BCUT2D eigenvalue weighted by atomic mass is 35.5. The second-order valence-corrected chi connectivity index (χ2v) is 6.14.